The van der Waals surface area contributed by atoms with Crippen molar-refractivity contribution < 1.29 is 4.79 Å². The van der Waals surface area contributed by atoms with Crippen molar-refractivity contribution in [2.75, 3.05) is 18.0 Å². The second kappa shape index (κ2) is 5.91. The second-order valence-electron chi connectivity index (χ2n) is 4.13. The SMILES string of the molecule is Nc1ncccc1C(=O)NCC1CCCCS1. The minimum absolute atomic E-state index is 0.123. The van der Waals surface area contributed by atoms with E-state index in [1.54, 1.807) is 18.3 Å². The van der Waals surface area contributed by atoms with Gasteiger partial charge in [0.25, 0.3) is 5.91 Å². The van der Waals surface area contributed by atoms with Crippen molar-refractivity contribution in [2.24, 2.45) is 0 Å². The first kappa shape index (κ1) is 12.2. The molecule has 2 rings (SSSR count). The zero-order chi connectivity index (χ0) is 12.1. The summed E-state index contributed by atoms with van der Waals surface area (Å²) in [6, 6.07) is 3.42. The van der Waals surface area contributed by atoms with Gasteiger partial charge < -0.3 is 11.1 Å². The number of carbonyl (C=O) groups is 1. The van der Waals surface area contributed by atoms with Gasteiger partial charge in [-0.05, 0) is 30.7 Å². The largest absolute Gasteiger partial charge is 0.383 e. The summed E-state index contributed by atoms with van der Waals surface area (Å²) >= 11 is 1.94. The van der Waals surface area contributed by atoms with Crippen LogP contribution in [-0.2, 0) is 0 Å². The Morgan fingerprint density at radius 3 is 3.18 bits per heavy atom. The smallest absolute Gasteiger partial charge is 0.255 e. The minimum atomic E-state index is -0.123. The van der Waals surface area contributed by atoms with Gasteiger partial charge in [0.2, 0.25) is 0 Å². The van der Waals surface area contributed by atoms with Crippen LogP contribution in [0.25, 0.3) is 0 Å². The number of nitrogens with one attached hydrogen (secondary N) is 1. The van der Waals surface area contributed by atoms with Gasteiger partial charge in [-0.3, -0.25) is 4.79 Å². The second-order valence-corrected chi connectivity index (χ2v) is 5.54. The number of carbonyl (C=O) groups excluding carboxylic acids is 1. The van der Waals surface area contributed by atoms with E-state index in [1.807, 2.05) is 11.8 Å². The van der Waals surface area contributed by atoms with E-state index in [2.05, 4.69) is 10.3 Å². The number of thioether (sulfide) groups is 1. The first-order chi connectivity index (χ1) is 8.27. The third kappa shape index (κ3) is 3.36. The summed E-state index contributed by atoms with van der Waals surface area (Å²) in [4.78, 5) is 15.8. The van der Waals surface area contributed by atoms with Gasteiger partial charge in [0.1, 0.15) is 5.82 Å². The Balaban J connectivity index is 1.87. The average molecular weight is 251 g/mol. The molecule has 1 aliphatic heterocycles. The molecule has 0 bridgehead atoms. The lowest BCUT2D eigenvalue weighted by Gasteiger charge is -2.21. The number of anilines is 1. The van der Waals surface area contributed by atoms with Crippen LogP contribution in [0.3, 0.4) is 0 Å². The van der Waals surface area contributed by atoms with Gasteiger partial charge in [0, 0.05) is 18.0 Å². The highest BCUT2D eigenvalue weighted by Gasteiger charge is 2.16. The fourth-order valence-electron chi connectivity index (χ4n) is 1.88. The quantitative estimate of drug-likeness (QED) is 0.857. The van der Waals surface area contributed by atoms with Gasteiger partial charge in [-0.1, -0.05) is 6.42 Å². The van der Waals surface area contributed by atoms with Crippen molar-refractivity contribution in [1.82, 2.24) is 10.3 Å². The van der Waals surface area contributed by atoms with Gasteiger partial charge in [0.05, 0.1) is 5.56 Å². The monoisotopic (exact) mass is 251 g/mol. The molecule has 1 saturated heterocycles. The molecule has 1 atom stereocenters. The number of nitrogens with two attached hydrogens (primary N) is 1. The van der Waals surface area contributed by atoms with Crippen LogP contribution in [-0.4, -0.2) is 28.4 Å². The maximum atomic E-state index is 11.9. The van der Waals surface area contributed by atoms with Gasteiger partial charge in [-0.15, -0.1) is 0 Å². The molecule has 1 aliphatic rings. The van der Waals surface area contributed by atoms with E-state index < -0.39 is 0 Å². The Bertz CT molecular complexity index is 391. The zero-order valence-corrected chi connectivity index (χ0v) is 10.5. The summed E-state index contributed by atoms with van der Waals surface area (Å²) in [6.07, 6.45) is 5.34. The Morgan fingerprint density at radius 1 is 1.59 bits per heavy atom. The topological polar surface area (TPSA) is 68.0 Å². The Hall–Kier alpha value is -1.23. The minimum Gasteiger partial charge on any atom is -0.383 e. The summed E-state index contributed by atoms with van der Waals surface area (Å²) in [7, 11) is 0. The predicted molar refractivity (Wildman–Crippen MR) is 71.1 cm³/mol. The Labute approximate surface area is 105 Å². The summed E-state index contributed by atoms with van der Waals surface area (Å²) < 4.78 is 0. The lowest BCUT2D eigenvalue weighted by atomic mass is 10.2. The molecule has 3 N–H and O–H groups in total. The van der Waals surface area contributed by atoms with Crippen molar-refractivity contribution in [3.63, 3.8) is 0 Å². The molecule has 2 heterocycles. The molecule has 1 fully saturated rings. The van der Waals surface area contributed by atoms with Crippen LogP contribution in [0.2, 0.25) is 0 Å². The lowest BCUT2D eigenvalue weighted by Crippen LogP contribution is -2.32. The van der Waals surface area contributed by atoms with Gasteiger partial charge >= 0.3 is 0 Å². The average Bonchev–Trinajstić information content (AvgIpc) is 2.38. The third-order valence-corrected chi connectivity index (χ3v) is 4.25. The summed E-state index contributed by atoms with van der Waals surface area (Å²) in [5, 5.41) is 3.48. The molecule has 1 aromatic rings. The molecule has 17 heavy (non-hydrogen) atoms. The number of amides is 1. The summed E-state index contributed by atoms with van der Waals surface area (Å²) in [5.41, 5.74) is 6.12. The first-order valence-electron chi connectivity index (χ1n) is 5.87. The number of aromatic nitrogens is 1. The highest BCUT2D eigenvalue weighted by molar-refractivity contribution is 7.99. The molecular weight excluding hydrogens is 234 g/mol. The molecule has 1 amide bonds. The molecule has 0 aliphatic carbocycles. The van der Waals surface area contributed by atoms with Crippen LogP contribution in [0.5, 0.6) is 0 Å². The fourth-order valence-corrected chi connectivity index (χ4v) is 3.12. The lowest BCUT2D eigenvalue weighted by molar-refractivity contribution is 0.0954. The predicted octanol–water partition coefficient (Wildman–Crippen LogP) is 1.68. The van der Waals surface area contributed by atoms with Crippen molar-refractivity contribution >= 4 is 23.5 Å². The van der Waals surface area contributed by atoms with Crippen molar-refractivity contribution in [1.29, 1.82) is 0 Å². The van der Waals surface area contributed by atoms with E-state index in [1.165, 1.54) is 25.0 Å². The zero-order valence-electron chi connectivity index (χ0n) is 9.69. The molecule has 0 saturated carbocycles. The van der Waals surface area contributed by atoms with Crippen LogP contribution >= 0.6 is 11.8 Å². The molecule has 1 aromatic heterocycles. The Kier molecular flexibility index (Phi) is 4.25. The van der Waals surface area contributed by atoms with E-state index in [0.717, 1.165) is 6.54 Å². The number of nitrogen functional groups attached to an aromatic ring is 1. The van der Waals surface area contributed by atoms with E-state index in [9.17, 15) is 4.79 Å². The molecular formula is C12H17N3OS. The molecule has 4 nitrogen and oxygen atoms in total. The maximum absolute atomic E-state index is 11.9. The molecule has 1 unspecified atom stereocenters. The summed E-state index contributed by atoms with van der Waals surface area (Å²) in [5.74, 6) is 1.37. The highest BCUT2D eigenvalue weighted by Crippen LogP contribution is 2.24. The van der Waals surface area contributed by atoms with Crippen LogP contribution < -0.4 is 11.1 Å². The molecule has 5 heteroatoms. The Morgan fingerprint density at radius 2 is 2.47 bits per heavy atom. The van der Waals surface area contributed by atoms with Gasteiger partial charge in [0.15, 0.2) is 0 Å². The van der Waals surface area contributed by atoms with Crippen LogP contribution in [0.15, 0.2) is 18.3 Å². The number of hydrogen-bond acceptors (Lipinski definition) is 4. The van der Waals surface area contributed by atoms with Gasteiger partial charge in [-0.2, -0.15) is 11.8 Å². The van der Waals surface area contributed by atoms with Crippen LogP contribution in [0.4, 0.5) is 5.82 Å². The van der Waals surface area contributed by atoms with E-state index >= 15 is 0 Å². The van der Waals surface area contributed by atoms with Crippen LogP contribution in [0.1, 0.15) is 29.6 Å². The number of rotatable bonds is 3. The van der Waals surface area contributed by atoms with Crippen molar-refractivity contribution in [3.05, 3.63) is 23.9 Å². The molecule has 92 valence electrons. The number of pyridine rings is 1. The van der Waals surface area contributed by atoms with Crippen molar-refractivity contribution in [3.8, 4) is 0 Å². The van der Waals surface area contributed by atoms with Crippen LogP contribution in [0, 0.1) is 0 Å². The normalized spacial score (nSPS) is 19.9. The van der Waals surface area contributed by atoms with E-state index in [-0.39, 0.29) is 5.91 Å². The molecule has 0 aromatic carbocycles. The van der Waals surface area contributed by atoms with E-state index in [4.69, 9.17) is 5.73 Å². The number of nitrogens with zero attached hydrogens (tertiary/aromatic N) is 1. The van der Waals surface area contributed by atoms with Gasteiger partial charge in [-0.25, -0.2) is 4.98 Å². The maximum Gasteiger partial charge on any atom is 0.255 e. The third-order valence-electron chi connectivity index (χ3n) is 2.85. The molecule has 0 spiro atoms. The standard InChI is InChI=1S/C12H17N3OS/c13-11-10(5-3-6-14-11)12(16)15-8-9-4-1-2-7-17-9/h3,5-6,9H,1-2,4,7-8H2,(H2,13,14)(H,15,16). The fraction of sp³-hybridized carbons (Fsp3) is 0.500. The highest BCUT2D eigenvalue weighted by atomic mass is 32.2. The summed E-state index contributed by atoms with van der Waals surface area (Å²) in [6.45, 7) is 0.720. The molecule has 0 radical (unpaired) electrons. The van der Waals surface area contributed by atoms with E-state index in [0.29, 0.717) is 16.6 Å². The van der Waals surface area contributed by atoms with Crippen molar-refractivity contribution in [2.45, 2.75) is 24.5 Å². The number of hydrogen-bond donors (Lipinski definition) is 2. The first-order valence-corrected chi connectivity index (χ1v) is 6.92.